The number of amides is 1. The van der Waals surface area contributed by atoms with Gasteiger partial charge in [0, 0.05) is 17.1 Å². The Morgan fingerprint density at radius 2 is 1.78 bits per heavy atom. The number of rotatable bonds is 6. The monoisotopic (exact) mass is 438 g/mol. The number of alkyl halides is 3. The fraction of sp³-hybridized carbons (Fsp3) is 0.0870. The van der Waals surface area contributed by atoms with E-state index in [1.165, 1.54) is 30.6 Å². The van der Waals surface area contributed by atoms with Crippen molar-refractivity contribution in [3.63, 3.8) is 0 Å². The number of hydrazone groups is 1. The van der Waals surface area contributed by atoms with Crippen molar-refractivity contribution in [2.75, 3.05) is 0 Å². The molecule has 0 aliphatic carbocycles. The van der Waals surface area contributed by atoms with Crippen LogP contribution in [0.4, 0.5) is 13.2 Å². The molecule has 0 aliphatic heterocycles. The predicted molar refractivity (Wildman–Crippen MR) is 113 cm³/mol. The molecule has 0 unspecified atom stereocenters. The fourth-order valence-corrected chi connectivity index (χ4v) is 3.09. The van der Waals surface area contributed by atoms with Gasteiger partial charge >= 0.3 is 6.18 Å². The van der Waals surface area contributed by atoms with E-state index in [9.17, 15) is 18.0 Å². The van der Waals surface area contributed by atoms with Crippen molar-refractivity contribution < 1.29 is 22.7 Å². The average molecular weight is 438 g/mol. The van der Waals surface area contributed by atoms with Gasteiger partial charge in [-0.3, -0.25) is 9.89 Å². The molecular weight excluding hydrogens is 421 g/mol. The van der Waals surface area contributed by atoms with Gasteiger partial charge in [-0.1, -0.05) is 36.4 Å². The van der Waals surface area contributed by atoms with Gasteiger partial charge in [0.2, 0.25) is 0 Å². The first-order valence-corrected chi connectivity index (χ1v) is 9.55. The van der Waals surface area contributed by atoms with Crippen molar-refractivity contribution in [3.05, 3.63) is 95.3 Å². The van der Waals surface area contributed by atoms with E-state index in [1.54, 1.807) is 12.1 Å². The maximum Gasteiger partial charge on any atom is 0.416 e. The average Bonchev–Trinajstić information content (AvgIpc) is 3.33. The number of hydrogen-bond acceptors (Lipinski definition) is 4. The predicted octanol–water partition coefficient (Wildman–Crippen LogP) is 4.92. The Morgan fingerprint density at radius 1 is 1.03 bits per heavy atom. The van der Waals surface area contributed by atoms with E-state index < -0.39 is 17.6 Å². The van der Waals surface area contributed by atoms with Crippen LogP contribution in [-0.2, 0) is 12.8 Å². The molecule has 2 N–H and O–H groups in total. The van der Waals surface area contributed by atoms with Crippen LogP contribution in [-0.4, -0.2) is 22.3 Å². The Morgan fingerprint density at radius 3 is 2.47 bits per heavy atom. The van der Waals surface area contributed by atoms with Gasteiger partial charge in [-0.15, -0.1) is 0 Å². The quantitative estimate of drug-likeness (QED) is 0.331. The van der Waals surface area contributed by atoms with E-state index >= 15 is 0 Å². The summed E-state index contributed by atoms with van der Waals surface area (Å²) in [5, 5.41) is 11.9. The van der Waals surface area contributed by atoms with Gasteiger partial charge < -0.3 is 4.74 Å². The van der Waals surface area contributed by atoms with Crippen LogP contribution in [0.15, 0.2) is 78.0 Å². The van der Waals surface area contributed by atoms with E-state index in [0.717, 1.165) is 28.5 Å². The molecule has 0 fully saturated rings. The van der Waals surface area contributed by atoms with Crippen molar-refractivity contribution in [2.45, 2.75) is 12.8 Å². The molecule has 0 saturated heterocycles. The molecule has 4 aromatic rings. The lowest BCUT2D eigenvalue weighted by molar-refractivity contribution is -0.137. The molecule has 1 heterocycles. The van der Waals surface area contributed by atoms with Gasteiger partial charge in [0.15, 0.2) is 0 Å². The van der Waals surface area contributed by atoms with Gasteiger partial charge in [0.1, 0.15) is 18.1 Å². The lowest BCUT2D eigenvalue weighted by atomic mass is 10.0. The van der Waals surface area contributed by atoms with Crippen LogP contribution in [0, 0.1) is 0 Å². The largest absolute Gasteiger partial charge is 0.488 e. The highest BCUT2D eigenvalue weighted by Crippen LogP contribution is 2.30. The summed E-state index contributed by atoms with van der Waals surface area (Å²) < 4.78 is 44.0. The van der Waals surface area contributed by atoms with Gasteiger partial charge in [-0.05, 0) is 41.3 Å². The minimum absolute atomic E-state index is 0.121. The molecular formula is C23H17F3N4O2. The van der Waals surface area contributed by atoms with Crippen molar-refractivity contribution in [3.8, 4) is 5.75 Å². The summed E-state index contributed by atoms with van der Waals surface area (Å²) >= 11 is 0. The lowest BCUT2D eigenvalue weighted by Gasteiger charge is -2.12. The zero-order chi connectivity index (χ0) is 22.6. The Hall–Kier alpha value is -4.14. The summed E-state index contributed by atoms with van der Waals surface area (Å²) in [6, 6.07) is 17.4. The Kier molecular flexibility index (Phi) is 5.89. The first-order valence-electron chi connectivity index (χ1n) is 9.55. The minimum atomic E-state index is -4.37. The standard InChI is InChI=1S/C23H17F3N4O2/c24-23(25,26)17-8-5-15(6-9-17)14-32-21-10-7-16(18-3-1-2-4-19(18)21)13-28-30-22(31)20-11-12-27-29-20/h1-13H,14H2,(H,27,29)(H,30,31). The zero-order valence-electron chi connectivity index (χ0n) is 16.6. The third-order valence-corrected chi connectivity index (χ3v) is 4.71. The SMILES string of the molecule is O=C(NN=Cc1ccc(OCc2ccc(C(F)(F)F)cc2)c2ccccc12)c1ccn[nH]1. The Labute approximate surface area is 180 Å². The number of nitrogens with one attached hydrogen (secondary N) is 2. The molecule has 162 valence electrons. The molecule has 1 aromatic heterocycles. The highest BCUT2D eigenvalue weighted by atomic mass is 19.4. The minimum Gasteiger partial charge on any atom is -0.488 e. The summed E-state index contributed by atoms with van der Waals surface area (Å²) in [5.41, 5.74) is 3.39. The number of nitrogens with zero attached hydrogens (tertiary/aromatic N) is 2. The van der Waals surface area contributed by atoms with Crippen LogP contribution in [0.5, 0.6) is 5.75 Å². The number of hydrogen-bond donors (Lipinski definition) is 2. The second-order valence-electron chi connectivity index (χ2n) is 6.85. The number of ether oxygens (including phenoxy) is 1. The van der Waals surface area contributed by atoms with Crippen LogP contribution in [0.2, 0.25) is 0 Å². The summed E-state index contributed by atoms with van der Waals surface area (Å²) in [4.78, 5) is 11.9. The molecule has 6 nitrogen and oxygen atoms in total. The smallest absolute Gasteiger partial charge is 0.416 e. The number of halogens is 3. The van der Waals surface area contributed by atoms with Crippen molar-refractivity contribution in [1.82, 2.24) is 15.6 Å². The second-order valence-corrected chi connectivity index (χ2v) is 6.85. The van der Waals surface area contributed by atoms with Crippen LogP contribution in [0.3, 0.4) is 0 Å². The van der Waals surface area contributed by atoms with Gasteiger partial charge in [0.05, 0.1) is 11.8 Å². The molecule has 3 aromatic carbocycles. The number of aromatic amines is 1. The molecule has 0 spiro atoms. The van der Waals surface area contributed by atoms with Crippen LogP contribution >= 0.6 is 0 Å². The maximum atomic E-state index is 12.7. The van der Waals surface area contributed by atoms with Crippen molar-refractivity contribution in [1.29, 1.82) is 0 Å². The molecule has 0 radical (unpaired) electrons. The first-order chi connectivity index (χ1) is 15.4. The Bertz CT molecular complexity index is 1250. The fourth-order valence-electron chi connectivity index (χ4n) is 3.09. The zero-order valence-corrected chi connectivity index (χ0v) is 16.6. The van der Waals surface area contributed by atoms with Gasteiger partial charge in [0.25, 0.3) is 5.91 Å². The highest BCUT2D eigenvalue weighted by molar-refractivity contribution is 6.02. The first kappa shape index (κ1) is 21.1. The third-order valence-electron chi connectivity index (χ3n) is 4.71. The van der Waals surface area contributed by atoms with Crippen LogP contribution in [0.1, 0.15) is 27.2 Å². The Balaban J connectivity index is 1.49. The van der Waals surface area contributed by atoms with Gasteiger partial charge in [-0.25, -0.2) is 5.43 Å². The lowest BCUT2D eigenvalue weighted by Crippen LogP contribution is -2.18. The number of carbonyl (C=O) groups is 1. The third kappa shape index (κ3) is 4.77. The summed E-state index contributed by atoms with van der Waals surface area (Å²) in [6.07, 6.45) is -1.38. The highest BCUT2D eigenvalue weighted by Gasteiger charge is 2.29. The van der Waals surface area contributed by atoms with Crippen molar-refractivity contribution >= 4 is 22.9 Å². The molecule has 0 bridgehead atoms. The summed E-state index contributed by atoms with van der Waals surface area (Å²) in [7, 11) is 0. The second kappa shape index (κ2) is 8.93. The molecule has 32 heavy (non-hydrogen) atoms. The summed E-state index contributed by atoms with van der Waals surface area (Å²) in [6.45, 7) is 0.121. The van der Waals surface area contributed by atoms with Crippen LogP contribution < -0.4 is 10.2 Å². The molecule has 0 aliphatic rings. The number of aromatic nitrogens is 2. The number of benzene rings is 3. The topological polar surface area (TPSA) is 79.4 Å². The molecule has 4 rings (SSSR count). The van der Waals surface area contributed by atoms with Crippen molar-refractivity contribution in [2.24, 2.45) is 5.10 Å². The van der Waals surface area contributed by atoms with E-state index in [1.807, 2.05) is 24.3 Å². The molecule has 0 atom stereocenters. The number of carbonyl (C=O) groups excluding carboxylic acids is 1. The molecule has 9 heteroatoms. The maximum absolute atomic E-state index is 12.7. The van der Waals surface area contributed by atoms with E-state index in [0.29, 0.717) is 17.0 Å². The number of H-pyrrole nitrogens is 1. The van der Waals surface area contributed by atoms with Gasteiger partial charge in [-0.2, -0.15) is 23.4 Å². The van der Waals surface area contributed by atoms with E-state index in [4.69, 9.17) is 4.74 Å². The van der Waals surface area contributed by atoms with E-state index in [2.05, 4.69) is 20.7 Å². The number of fused-ring (bicyclic) bond motifs is 1. The van der Waals surface area contributed by atoms with E-state index in [-0.39, 0.29) is 6.61 Å². The normalized spacial score (nSPS) is 11.7. The van der Waals surface area contributed by atoms with Crippen LogP contribution in [0.25, 0.3) is 10.8 Å². The molecule has 0 saturated carbocycles. The summed E-state index contributed by atoms with van der Waals surface area (Å²) in [5.74, 6) is 0.165. The molecule has 1 amide bonds.